The summed E-state index contributed by atoms with van der Waals surface area (Å²) in [6, 6.07) is 3.31. The number of benzene rings is 1. The number of halogens is 4. The van der Waals surface area contributed by atoms with Gasteiger partial charge in [0.05, 0.1) is 5.69 Å². The van der Waals surface area contributed by atoms with Crippen molar-refractivity contribution in [1.29, 1.82) is 0 Å². The Morgan fingerprint density at radius 1 is 1.43 bits per heavy atom. The van der Waals surface area contributed by atoms with E-state index in [4.69, 9.17) is 11.6 Å². The summed E-state index contributed by atoms with van der Waals surface area (Å²) in [7, 11) is 0. The quantitative estimate of drug-likeness (QED) is 0.821. The van der Waals surface area contributed by atoms with E-state index in [-0.39, 0.29) is 10.7 Å². The van der Waals surface area contributed by atoms with Crippen LogP contribution >= 0.6 is 11.6 Å². The Labute approximate surface area is 82.7 Å². The molecule has 76 valence electrons. The second-order valence-corrected chi connectivity index (χ2v) is 2.85. The molecule has 14 heavy (non-hydrogen) atoms. The van der Waals surface area contributed by atoms with Crippen LogP contribution in [0.25, 0.3) is 0 Å². The molecule has 0 spiro atoms. The van der Waals surface area contributed by atoms with Gasteiger partial charge in [0, 0.05) is 5.02 Å². The Bertz CT molecular complexity index is 356. The lowest BCUT2D eigenvalue weighted by Crippen LogP contribution is -2.20. The van der Waals surface area contributed by atoms with Crippen molar-refractivity contribution < 1.29 is 18.0 Å². The van der Waals surface area contributed by atoms with E-state index in [0.29, 0.717) is 0 Å². The highest BCUT2D eigenvalue weighted by molar-refractivity contribution is 6.30. The number of hydrogen-bond donors (Lipinski definition) is 1. The van der Waals surface area contributed by atoms with Crippen LogP contribution in [-0.2, 0) is 4.79 Å². The van der Waals surface area contributed by atoms with E-state index in [1.54, 1.807) is 5.32 Å². The van der Waals surface area contributed by atoms with Crippen LogP contribution in [-0.4, -0.2) is 12.3 Å². The molecule has 0 saturated heterocycles. The molecule has 0 aliphatic carbocycles. The molecule has 0 radical (unpaired) electrons. The van der Waals surface area contributed by atoms with Crippen LogP contribution in [0.15, 0.2) is 18.2 Å². The third-order valence-corrected chi connectivity index (χ3v) is 1.62. The molecule has 1 amide bonds. The van der Waals surface area contributed by atoms with Crippen LogP contribution in [0.1, 0.15) is 0 Å². The fourth-order valence-corrected chi connectivity index (χ4v) is 0.937. The van der Waals surface area contributed by atoms with Gasteiger partial charge in [-0.2, -0.15) is 8.78 Å². The number of carbonyl (C=O) groups is 1. The fourth-order valence-electron chi connectivity index (χ4n) is 0.778. The lowest BCUT2D eigenvalue weighted by molar-refractivity contribution is -0.126. The van der Waals surface area contributed by atoms with Crippen molar-refractivity contribution in [1.82, 2.24) is 0 Å². The highest BCUT2D eigenvalue weighted by Gasteiger charge is 2.16. The fraction of sp³-hybridized carbons (Fsp3) is 0.125. The number of nitrogens with one attached hydrogen (secondary N) is 1. The van der Waals surface area contributed by atoms with Crippen molar-refractivity contribution in [3.8, 4) is 0 Å². The van der Waals surface area contributed by atoms with Crippen LogP contribution in [0.4, 0.5) is 18.9 Å². The molecule has 0 heterocycles. The minimum atomic E-state index is -3.18. The van der Waals surface area contributed by atoms with Gasteiger partial charge < -0.3 is 5.32 Å². The summed E-state index contributed by atoms with van der Waals surface area (Å²) in [6.07, 6.45) is -3.18. The first kappa shape index (κ1) is 10.8. The van der Waals surface area contributed by atoms with Gasteiger partial charge in [-0.15, -0.1) is 0 Å². The lowest BCUT2D eigenvalue weighted by atomic mass is 10.3. The van der Waals surface area contributed by atoms with Crippen molar-refractivity contribution in [2.24, 2.45) is 0 Å². The molecule has 0 fully saturated rings. The molecule has 0 aliphatic heterocycles. The third-order valence-electron chi connectivity index (χ3n) is 1.39. The van der Waals surface area contributed by atoms with Gasteiger partial charge in [-0.3, -0.25) is 4.79 Å². The first-order chi connectivity index (χ1) is 6.50. The first-order valence-electron chi connectivity index (χ1n) is 3.55. The van der Waals surface area contributed by atoms with E-state index < -0.39 is 18.1 Å². The van der Waals surface area contributed by atoms with E-state index in [0.717, 1.165) is 12.1 Å². The highest BCUT2D eigenvalue weighted by atomic mass is 35.5. The normalized spacial score (nSPS) is 10.4. The van der Waals surface area contributed by atoms with Crippen molar-refractivity contribution in [2.45, 2.75) is 6.43 Å². The Hall–Kier alpha value is -1.23. The molecule has 0 unspecified atom stereocenters. The summed E-state index contributed by atoms with van der Waals surface area (Å²) in [5.41, 5.74) is -0.320. The molecule has 6 heteroatoms. The Morgan fingerprint density at radius 2 is 2.07 bits per heavy atom. The smallest absolute Gasteiger partial charge is 0.315 e. The molecular formula is C8H5ClF3NO. The molecular weight excluding hydrogens is 219 g/mol. The molecule has 1 N–H and O–H groups in total. The highest BCUT2D eigenvalue weighted by Crippen LogP contribution is 2.19. The van der Waals surface area contributed by atoms with Gasteiger partial charge in [0.25, 0.3) is 5.91 Å². The van der Waals surface area contributed by atoms with E-state index >= 15 is 0 Å². The van der Waals surface area contributed by atoms with E-state index in [1.165, 1.54) is 6.07 Å². The third kappa shape index (κ3) is 2.63. The van der Waals surface area contributed by atoms with Gasteiger partial charge in [-0.25, -0.2) is 4.39 Å². The summed E-state index contributed by atoms with van der Waals surface area (Å²) in [4.78, 5) is 10.5. The Balaban J connectivity index is 2.82. The Kier molecular flexibility index (Phi) is 3.35. The van der Waals surface area contributed by atoms with Crippen LogP contribution in [0.2, 0.25) is 5.02 Å². The summed E-state index contributed by atoms with van der Waals surface area (Å²) in [5, 5.41) is 1.84. The number of hydrogen-bond acceptors (Lipinski definition) is 1. The molecule has 1 aromatic rings. The van der Waals surface area contributed by atoms with Gasteiger partial charge in [-0.05, 0) is 18.2 Å². The van der Waals surface area contributed by atoms with Crippen molar-refractivity contribution in [3.63, 3.8) is 0 Å². The van der Waals surface area contributed by atoms with E-state index in [1.807, 2.05) is 0 Å². The van der Waals surface area contributed by atoms with Gasteiger partial charge in [-0.1, -0.05) is 11.6 Å². The molecule has 1 aromatic carbocycles. The van der Waals surface area contributed by atoms with Crippen LogP contribution in [0, 0.1) is 5.82 Å². The number of rotatable bonds is 2. The predicted octanol–water partition coefficient (Wildman–Crippen LogP) is 2.68. The minimum Gasteiger partial charge on any atom is -0.319 e. The SMILES string of the molecule is O=C(Nc1ccc(Cl)cc1F)C(F)F. The van der Waals surface area contributed by atoms with Gasteiger partial charge in [0.1, 0.15) is 5.82 Å². The topological polar surface area (TPSA) is 29.1 Å². The van der Waals surface area contributed by atoms with E-state index in [2.05, 4.69) is 0 Å². The number of amides is 1. The average Bonchev–Trinajstić information content (AvgIpc) is 2.09. The van der Waals surface area contributed by atoms with Gasteiger partial charge >= 0.3 is 6.43 Å². The zero-order valence-corrected chi connectivity index (χ0v) is 7.49. The second-order valence-electron chi connectivity index (χ2n) is 2.41. The molecule has 0 atom stereocenters. The monoisotopic (exact) mass is 223 g/mol. The molecule has 0 aromatic heterocycles. The maximum Gasteiger partial charge on any atom is 0.315 e. The maximum atomic E-state index is 12.9. The summed E-state index contributed by atoms with van der Waals surface area (Å²) in [6.45, 7) is 0. The first-order valence-corrected chi connectivity index (χ1v) is 3.92. The maximum absolute atomic E-state index is 12.9. The lowest BCUT2D eigenvalue weighted by Gasteiger charge is -2.05. The van der Waals surface area contributed by atoms with Crippen LogP contribution < -0.4 is 5.32 Å². The number of alkyl halides is 2. The van der Waals surface area contributed by atoms with Crippen LogP contribution in [0.5, 0.6) is 0 Å². The molecule has 0 saturated carbocycles. The largest absolute Gasteiger partial charge is 0.319 e. The van der Waals surface area contributed by atoms with Gasteiger partial charge in [0.2, 0.25) is 0 Å². The summed E-state index contributed by atoms with van der Waals surface area (Å²) in [5.74, 6) is -2.40. The second kappa shape index (κ2) is 4.32. The zero-order valence-electron chi connectivity index (χ0n) is 6.73. The molecule has 0 bridgehead atoms. The summed E-state index contributed by atoms with van der Waals surface area (Å²) >= 11 is 5.42. The molecule has 2 nitrogen and oxygen atoms in total. The van der Waals surface area contributed by atoms with Crippen molar-refractivity contribution in [3.05, 3.63) is 29.0 Å². The molecule has 1 rings (SSSR count). The van der Waals surface area contributed by atoms with Crippen molar-refractivity contribution >= 4 is 23.2 Å². The summed E-state index contributed by atoms with van der Waals surface area (Å²) < 4.78 is 36.5. The number of anilines is 1. The minimum absolute atomic E-state index is 0.123. The Morgan fingerprint density at radius 3 is 2.57 bits per heavy atom. The van der Waals surface area contributed by atoms with Crippen LogP contribution in [0.3, 0.4) is 0 Å². The zero-order chi connectivity index (χ0) is 10.7. The predicted molar refractivity (Wildman–Crippen MR) is 46.0 cm³/mol. The van der Waals surface area contributed by atoms with Crippen molar-refractivity contribution in [2.75, 3.05) is 5.32 Å². The number of carbonyl (C=O) groups excluding carboxylic acids is 1. The van der Waals surface area contributed by atoms with E-state index in [9.17, 15) is 18.0 Å². The standard InChI is InChI=1S/C8H5ClF3NO/c9-4-1-2-6(5(10)3-4)13-8(14)7(11)12/h1-3,7H,(H,13,14). The van der Waals surface area contributed by atoms with Gasteiger partial charge in [0.15, 0.2) is 0 Å². The molecule has 0 aliphatic rings. The average molecular weight is 224 g/mol.